The molecule has 0 spiro atoms. The fraction of sp³-hybridized carbons (Fsp3) is 0.556. The van der Waals surface area contributed by atoms with Crippen LogP contribution >= 0.6 is 21.6 Å². The summed E-state index contributed by atoms with van der Waals surface area (Å²) in [5, 5.41) is 3.85. The van der Waals surface area contributed by atoms with E-state index in [0.29, 0.717) is 6.42 Å². The van der Waals surface area contributed by atoms with Gasteiger partial charge in [-0.05, 0) is 37.8 Å². The van der Waals surface area contributed by atoms with Gasteiger partial charge in [0, 0.05) is 30.4 Å². The van der Waals surface area contributed by atoms with Gasteiger partial charge in [-0.1, -0.05) is 40.1 Å². The Morgan fingerprint density at radius 2 is 2.21 bits per heavy atom. The molecule has 1 aromatic carbocycles. The molecule has 6 heteroatoms. The zero-order valence-corrected chi connectivity index (χ0v) is 15.6. The van der Waals surface area contributed by atoms with Gasteiger partial charge in [0.2, 0.25) is 5.91 Å². The lowest BCUT2D eigenvalue weighted by Crippen LogP contribution is -2.24. The van der Waals surface area contributed by atoms with Gasteiger partial charge in [-0.2, -0.15) is 0 Å². The number of unbranched alkanes of at least 4 members (excludes halogenated alkanes) is 1. The molecule has 1 fully saturated rings. The van der Waals surface area contributed by atoms with E-state index in [1.54, 1.807) is 0 Å². The predicted molar refractivity (Wildman–Crippen MR) is 104 cm³/mol. The molecule has 2 N–H and O–H groups in total. The molecule has 3 rings (SSSR count). The number of imidazole rings is 1. The zero-order valence-electron chi connectivity index (χ0n) is 13.9. The maximum absolute atomic E-state index is 11.8. The quantitative estimate of drug-likeness (QED) is 0.514. The van der Waals surface area contributed by atoms with Crippen LogP contribution in [0.5, 0.6) is 0 Å². The summed E-state index contributed by atoms with van der Waals surface area (Å²) in [5.74, 6) is 2.48. The van der Waals surface area contributed by atoms with Gasteiger partial charge in [0.1, 0.15) is 5.82 Å². The van der Waals surface area contributed by atoms with Crippen LogP contribution in [0.2, 0.25) is 0 Å². The first kappa shape index (κ1) is 17.7. The van der Waals surface area contributed by atoms with Crippen LogP contribution in [0.4, 0.5) is 0 Å². The Balaban J connectivity index is 1.25. The lowest BCUT2D eigenvalue weighted by Gasteiger charge is -2.07. The highest BCUT2D eigenvalue weighted by atomic mass is 33.1. The Kier molecular flexibility index (Phi) is 6.90. The minimum atomic E-state index is 0.188. The van der Waals surface area contributed by atoms with Crippen LogP contribution in [0, 0.1) is 0 Å². The Labute approximate surface area is 151 Å². The molecule has 2 heterocycles. The van der Waals surface area contributed by atoms with Crippen molar-refractivity contribution in [3.63, 3.8) is 0 Å². The van der Waals surface area contributed by atoms with Crippen LogP contribution in [0.25, 0.3) is 11.0 Å². The molecule has 1 unspecified atom stereocenters. The first-order valence-electron chi connectivity index (χ1n) is 8.80. The van der Waals surface area contributed by atoms with E-state index in [1.165, 1.54) is 25.0 Å². The smallest absolute Gasteiger partial charge is 0.219 e. The molecular formula is C18H25N3OS2. The fourth-order valence-electron chi connectivity index (χ4n) is 2.92. The van der Waals surface area contributed by atoms with Crippen molar-refractivity contribution in [3.05, 3.63) is 30.1 Å². The molecule has 0 bridgehead atoms. The van der Waals surface area contributed by atoms with E-state index < -0.39 is 0 Å². The van der Waals surface area contributed by atoms with Gasteiger partial charge in [-0.3, -0.25) is 4.79 Å². The molecule has 1 aliphatic heterocycles. The van der Waals surface area contributed by atoms with E-state index in [0.717, 1.165) is 47.9 Å². The summed E-state index contributed by atoms with van der Waals surface area (Å²) < 4.78 is 0. The van der Waals surface area contributed by atoms with Crippen LogP contribution in [0.3, 0.4) is 0 Å². The average Bonchev–Trinajstić information content (AvgIpc) is 3.24. The molecular weight excluding hydrogens is 338 g/mol. The molecule has 1 aliphatic rings. The number of para-hydroxylation sites is 2. The SMILES string of the molecule is O=C(CCCCC1CCSS1)NCCCc1nc2ccccc2[nH]1. The monoisotopic (exact) mass is 363 g/mol. The number of hydrogen-bond acceptors (Lipinski definition) is 4. The van der Waals surface area contributed by atoms with E-state index in [9.17, 15) is 4.79 Å². The summed E-state index contributed by atoms with van der Waals surface area (Å²) in [6.45, 7) is 0.727. The van der Waals surface area contributed by atoms with Crippen LogP contribution in [0.1, 0.15) is 44.3 Å². The van der Waals surface area contributed by atoms with Gasteiger partial charge in [0.15, 0.2) is 0 Å². The van der Waals surface area contributed by atoms with Crippen LogP contribution < -0.4 is 5.32 Å². The van der Waals surface area contributed by atoms with Crippen LogP contribution in [-0.4, -0.2) is 33.4 Å². The number of aromatic amines is 1. The summed E-state index contributed by atoms with van der Waals surface area (Å²) in [6.07, 6.45) is 7.23. The van der Waals surface area contributed by atoms with Crippen molar-refractivity contribution in [1.29, 1.82) is 0 Å². The molecule has 1 saturated heterocycles. The van der Waals surface area contributed by atoms with E-state index in [2.05, 4.69) is 15.3 Å². The van der Waals surface area contributed by atoms with Crippen molar-refractivity contribution in [1.82, 2.24) is 15.3 Å². The Bertz CT molecular complexity index is 620. The number of benzene rings is 1. The Hall–Kier alpha value is -1.14. The van der Waals surface area contributed by atoms with Gasteiger partial charge in [0.25, 0.3) is 0 Å². The molecule has 0 radical (unpaired) electrons. The lowest BCUT2D eigenvalue weighted by molar-refractivity contribution is -0.121. The Morgan fingerprint density at radius 1 is 1.29 bits per heavy atom. The second-order valence-electron chi connectivity index (χ2n) is 6.23. The van der Waals surface area contributed by atoms with Crippen molar-refractivity contribution >= 4 is 38.5 Å². The minimum Gasteiger partial charge on any atom is -0.356 e. The topological polar surface area (TPSA) is 57.8 Å². The summed E-state index contributed by atoms with van der Waals surface area (Å²) in [6, 6.07) is 8.06. The third kappa shape index (κ3) is 5.45. The Morgan fingerprint density at radius 3 is 3.04 bits per heavy atom. The van der Waals surface area contributed by atoms with Crippen molar-refractivity contribution in [2.45, 2.75) is 50.2 Å². The lowest BCUT2D eigenvalue weighted by atomic mass is 10.1. The number of nitrogens with zero attached hydrogens (tertiary/aromatic N) is 1. The fourth-order valence-corrected chi connectivity index (χ4v) is 5.95. The standard InChI is InChI=1S/C18H25N3OS2/c22-18(10-4-1-6-14-11-13-23-24-14)19-12-5-9-17-20-15-7-2-3-8-16(15)21-17/h2-3,7-8,14H,1,4-6,9-13H2,(H,19,22)(H,20,21). The molecule has 1 atom stereocenters. The molecule has 1 amide bonds. The number of amides is 1. The highest BCUT2D eigenvalue weighted by Crippen LogP contribution is 2.39. The second kappa shape index (κ2) is 9.37. The number of carbonyl (C=O) groups is 1. The third-order valence-corrected chi connectivity index (χ3v) is 7.26. The van der Waals surface area contributed by atoms with Gasteiger partial charge < -0.3 is 10.3 Å². The third-order valence-electron chi connectivity index (χ3n) is 4.26. The van der Waals surface area contributed by atoms with E-state index in [-0.39, 0.29) is 5.91 Å². The summed E-state index contributed by atoms with van der Waals surface area (Å²) in [4.78, 5) is 19.7. The minimum absolute atomic E-state index is 0.188. The van der Waals surface area contributed by atoms with Crippen molar-refractivity contribution in [2.24, 2.45) is 0 Å². The number of carbonyl (C=O) groups excluding carboxylic acids is 1. The highest BCUT2D eigenvalue weighted by Gasteiger charge is 2.15. The molecule has 1 aromatic heterocycles. The molecule has 24 heavy (non-hydrogen) atoms. The normalized spacial score (nSPS) is 17.4. The van der Waals surface area contributed by atoms with Gasteiger partial charge in [-0.25, -0.2) is 4.98 Å². The van der Waals surface area contributed by atoms with Crippen LogP contribution in [-0.2, 0) is 11.2 Å². The number of fused-ring (bicyclic) bond motifs is 1. The molecule has 0 aliphatic carbocycles. The largest absolute Gasteiger partial charge is 0.356 e. The van der Waals surface area contributed by atoms with Gasteiger partial charge >= 0.3 is 0 Å². The maximum atomic E-state index is 11.8. The van der Waals surface area contributed by atoms with E-state index >= 15 is 0 Å². The maximum Gasteiger partial charge on any atom is 0.219 e. The number of aromatic nitrogens is 2. The predicted octanol–water partition coefficient (Wildman–Crippen LogP) is 4.33. The second-order valence-corrected chi connectivity index (χ2v) is 9.02. The molecule has 4 nitrogen and oxygen atoms in total. The van der Waals surface area contributed by atoms with Crippen molar-refractivity contribution in [3.8, 4) is 0 Å². The van der Waals surface area contributed by atoms with Crippen molar-refractivity contribution in [2.75, 3.05) is 12.3 Å². The van der Waals surface area contributed by atoms with E-state index in [1.807, 2.05) is 45.9 Å². The highest BCUT2D eigenvalue weighted by molar-refractivity contribution is 8.77. The van der Waals surface area contributed by atoms with Gasteiger partial charge in [-0.15, -0.1) is 0 Å². The number of rotatable bonds is 9. The summed E-state index contributed by atoms with van der Waals surface area (Å²) in [7, 11) is 4.01. The first-order chi connectivity index (χ1) is 11.8. The van der Waals surface area contributed by atoms with Gasteiger partial charge in [0.05, 0.1) is 11.0 Å². The number of aryl methyl sites for hydroxylation is 1. The van der Waals surface area contributed by atoms with Crippen molar-refractivity contribution < 1.29 is 4.79 Å². The van der Waals surface area contributed by atoms with Crippen LogP contribution in [0.15, 0.2) is 24.3 Å². The number of hydrogen-bond donors (Lipinski definition) is 2. The molecule has 2 aromatic rings. The molecule has 130 valence electrons. The molecule has 0 saturated carbocycles. The average molecular weight is 364 g/mol. The first-order valence-corrected chi connectivity index (χ1v) is 11.2. The summed E-state index contributed by atoms with van der Waals surface area (Å²) in [5.41, 5.74) is 2.09. The van der Waals surface area contributed by atoms with E-state index in [4.69, 9.17) is 0 Å². The summed E-state index contributed by atoms with van der Waals surface area (Å²) >= 11 is 0. The number of H-pyrrole nitrogens is 1. The zero-order chi connectivity index (χ0) is 16.6. The number of nitrogens with one attached hydrogen (secondary N) is 2.